The number of rotatable bonds is 7. The number of carbonyl (C=O) groups is 1. The molecule has 5 nitrogen and oxygen atoms in total. The summed E-state index contributed by atoms with van der Waals surface area (Å²) >= 11 is 12.1. The normalized spacial score (nSPS) is 27.1. The van der Waals surface area contributed by atoms with Gasteiger partial charge in [0.25, 0.3) is 0 Å². The monoisotopic (exact) mass is 502 g/mol. The molecule has 2 unspecified atom stereocenters. The Morgan fingerprint density at radius 3 is 2.79 bits per heavy atom. The molecular weight excluding hydrogens is 471 g/mol. The summed E-state index contributed by atoms with van der Waals surface area (Å²) < 4.78 is 6.33. The number of nitrogens with one attached hydrogen (secondary N) is 1. The first-order valence-electron chi connectivity index (χ1n) is 11.7. The topological polar surface area (TPSA) is 61.8 Å². The van der Waals surface area contributed by atoms with Crippen LogP contribution in [-0.4, -0.2) is 54.3 Å². The maximum Gasteiger partial charge on any atom is 0.224 e. The van der Waals surface area contributed by atoms with Crippen LogP contribution in [0.15, 0.2) is 55.1 Å². The molecule has 2 aliphatic rings. The Bertz CT molecular complexity index is 1060. The first-order valence-corrected chi connectivity index (χ1v) is 12.5. The number of carbonyl (C=O) groups excluding carboxylic acids is 1. The average Bonchev–Trinajstić information content (AvgIpc) is 2.81. The third-order valence-corrected chi connectivity index (χ3v) is 8.33. The van der Waals surface area contributed by atoms with Crippen LogP contribution < -0.4 is 5.32 Å². The first-order chi connectivity index (χ1) is 16.3. The van der Waals surface area contributed by atoms with Gasteiger partial charge >= 0.3 is 0 Å². The Kier molecular flexibility index (Phi) is 7.58. The van der Waals surface area contributed by atoms with Crippen molar-refractivity contribution in [1.29, 1.82) is 0 Å². The van der Waals surface area contributed by atoms with Crippen LogP contribution in [-0.2, 0) is 21.4 Å². The maximum atomic E-state index is 12.9. The number of piperidine rings is 1. The quantitative estimate of drug-likeness (QED) is 0.515. The summed E-state index contributed by atoms with van der Waals surface area (Å²) in [6.07, 6.45) is 5.43. The molecular formula is C27H32Cl2N2O3. The number of phenols is 1. The molecule has 2 N–H and O–H groups in total. The molecule has 3 atom stereocenters. The fourth-order valence-corrected chi connectivity index (χ4v) is 6.29. The van der Waals surface area contributed by atoms with Gasteiger partial charge in [-0.3, -0.25) is 9.69 Å². The molecule has 0 aromatic heterocycles. The minimum atomic E-state index is -0.410. The molecule has 34 heavy (non-hydrogen) atoms. The number of hydrogen-bond acceptors (Lipinski definition) is 4. The number of methoxy groups -OCH3 is 1. The van der Waals surface area contributed by atoms with Gasteiger partial charge in [-0.25, -0.2) is 0 Å². The summed E-state index contributed by atoms with van der Waals surface area (Å²) in [6.45, 7) is 6.40. The van der Waals surface area contributed by atoms with Gasteiger partial charge in [0.2, 0.25) is 5.91 Å². The smallest absolute Gasteiger partial charge is 0.224 e. The Morgan fingerprint density at radius 2 is 2.09 bits per heavy atom. The van der Waals surface area contributed by atoms with Crippen molar-refractivity contribution in [3.05, 3.63) is 76.3 Å². The molecule has 0 bridgehead atoms. The summed E-state index contributed by atoms with van der Waals surface area (Å²) in [5.41, 5.74) is 1.16. The van der Waals surface area contributed by atoms with Crippen molar-refractivity contribution in [2.45, 2.75) is 49.2 Å². The highest BCUT2D eigenvalue weighted by atomic mass is 35.5. The van der Waals surface area contributed by atoms with Crippen molar-refractivity contribution < 1.29 is 14.6 Å². The fraction of sp³-hybridized carbons (Fsp3) is 0.444. The number of benzene rings is 2. The zero-order valence-corrected chi connectivity index (χ0v) is 21.0. The lowest BCUT2D eigenvalue weighted by Crippen LogP contribution is -2.68. The number of phenolic OH excluding ortho intramolecular Hbond substituents is 1. The number of amides is 1. The Labute approximate surface area is 211 Å². The molecule has 2 aromatic rings. The van der Waals surface area contributed by atoms with Crippen LogP contribution >= 0.6 is 23.2 Å². The van der Waals surface area contributed by atoms with Gasteiger partial charge in [-0.2, -0.15) is 0 Å². The van der Waals surface area contributed by atoms with E-state index in [1.54, 1.807) is 25.3 Å². The van der Waals surface area contributed by atoms with Gasteiger partial charge in [-0.15, -0.1) is 6.58 Å². The number of nitrogens with zero attached hydrogens (tertiary/aromatic N) is 1. The van der Waals surface area contributed by atoms with Crippen molar-refractivity contribution in [2.24, 2.45) is 0 Å². The fourth-order valence-electron chi connectivity index (χ4n) is 5.97. The highest BCUT2D eigenvalue weighted by molar-refractivity contribution is 6.42. The lowest BCUT2D eigenvalue weighted by Gasteiger charge is -2.59. The van der Waals surface area contributed by atoms with Gasteiger partial charge in [0.05, 0.1) is 22.1 Å². The van der Waals surface area contributed by atoms with E-state index in [1.165, 1.54) is 0 Å². The van der Waals surface area contributed by atoms with E-state index in [9.17, 15) is 9.90 Å². The summed E-state index contributed by atoms with van der Waals surface area (Å²) in [5, 5.41) is 14.5. The molecule has 1 aliphatic carbocycles. The summed E-state index contributed by atoms with van der Waals surface area (Å²) in [7, 11) is 1.79. The van der Waals surface area contributed by atoms with Crippen LogP contribution in [0.2, 0.25) is 10.0 Å². The third-order valence-electron chi connectivity index (χ3n) is 7.59. The highest BCUT2D eigenvalue weighted by Gasteiger charge is 2.58. The van der Waals surface area contributed by atoms with Crippen LogP contribution in [0.3, 0.4) is 0 Å². The SMILES string of the molecule is C=CCN1CCC2(c3cccc(O)c3)C[C@@H](NC(=O)Cc3ccc(Cl)c(Cl)c3)CCC2(OC)C1. The second-order valence-electron chi connectivity index (χ2n) is 9.54. The molecule has 1 saturated heterocycles. The van der Waals surface area contributed by atoms with Gasteiger partial charge in [0, 0.05) is 31.7 Å². The van der Waals surface area contributed by atoms with Crippen molar-refractivity contribution in [3.63, 3.8) is 0 Å². The maximum absolute atomic E-state index is 12.9. The second-order valence-corrected chi connectivity index (χ2v) is 10.4. The summed E-state index contributed by atoms with van der Waals surface area (Å²) in [4.78, 5) is 15.3. The van der Waals surface area contributed by atoms with E-state index in [-0.39, 0.29) is 29.5 Å². The standard InChI is InChI=1S/C27H32Cl2N2O3/c1-3-12-31-13-11-26(20-5-4-6-22(32)16-20)17-21(9-10-27(26,18-31)34-2)30-25(33)15-19-7-8-23(28)24(29)14-19/h3-8,14,16,21,32H,1,9-13,15,17-18H2,2H3,(H,30,33)/t21-,26?,27?/m0/s1. The lowest BCUT2D eigenvalue weighted by molar-refractivity contribution is -0.149. The molecule has 1 saturated carbocycles. The minimum absolute atomic E-state index is 0.00634. The highest BCUT2D eigenvalue weighted by Crippen LogP contribution is 2.53. The summed E-state index contributed by atoms with van der Waals surface area (Å²) in [5.74, 6) is 0.208. The molecule has 2 aromatic carbocycles. The van der Waals surface area contributed by atoms with Gasteiger partial charge in [-0.05, 0) is 67.6 Å². The predicted molar refractivity (Wildman–Crippen MR) is 137 cm³/mol. The number of likely N-dealkylation sites (tertiary alicyclic amines) is 1. The Morgan fingerprint density at radius 1 is 1.26 bits per heavy atom. The van der Waals surface area contributed by atoms with Gasteiger partial charge in [0.15, 0.2) is 0 Å². The van der Waals surface area contributed by atoms with E-state index >= 15 is 0 Å². The molecule has 1 amide bonds. The molecule has 0 radical (unpaired) electrons. The molecule has 4 rings (SSSR count). The minimum Gasteiger partial charge on any atom is -0.508 e. The van der Waals surface area contributed by atoms with Crippen LogP contribution in [0.1, 0.15) is 36.8 Å². The number of ether oxygens (including phenoxy) is 1. The number of aromatic hydroxyl groups is 1. The largest absolute Gasteiger partial charge is 0.508 e. The van der Waals surface area contributed by atoms with Gasteiger partial charge in [-0.1, -0.05) is 47.5 Å². The van der Waals surface area contributed by atoms with Crippen LogP contribution in [0.25, 0.3) is 0 Å². The molecule has 1 aliphatic heterocycles. The van der Waals surface area contributed by atoms with Crippen LogP contribution in [0, 0.1) is 0 Å². The van der Waals surface area contributed by atoms with Crippen LogP contribution in [0.5, 0.6) is 5.75 Å². The van der Waals surface area contributed by atoms with E-state index in [0.29, 0.717) is 10.0 Å². The van der Waals surface area contributed by atoms with Crippen molar-refractivity contribution in [2.75, 3.05) is 26.7 Å². The first kappa shape index (κ1) is 25.1. The number of fused-ring (bicyclic) bond motifs is 1. The summed E-state index contributed by atoms with van der Waals surface area (Å²) in [6, 6.07) is 12.8. The predicted octanol–water partition coefficient (Wildman–Crippen LogP) is 5.13. The second kappa shape index (κ2) is 10.3. The van der Waals surface area contributed by atoms with E-state index in [2.05, 4.69) is 22.9 Å². The van der Waals surface area contributed by atoms with Crippen molar-refractivity contribution in [1.82, 2.24) is 10.2 Å². The van der Waals surface area contributed by atoms with E-state index in [0.717, 1.165) is 56.4 Å². The average molecular weight is 503 g/mol. The van der Waals surface area contributed by atoms with Crippen LogP contribution in [0.4, 0.5) is 0 Å². The molecule has 2 fully saturated rings. The molecule has 1 heterocycles. The van der Waals surface area contributed by atoms with Crippen molar-refractivity contribution in [3.8, 4) is 5.75 Å². The zero-order chi connectivity index (χ0) is 24.3. The van der Waals surface area contributed by atoms with E-state index in [4.69, 9.17) is 27.9 Å². The Hall–Kier alpha value is -2.05. The molecule has 0 spiro atoms. The zero-order valence-electron chi connectivity index (χ0n) is 19.5. The Balaban J connectivity index is 1.58. The lowest BCUT2D eigenvalue weighted by atomic mass is 9.55. The molecule has 182 valence electrons. The van der Waals surface area contributed by atoms with E-state index < -0.39 is 5.60 Å². The number of halogens is 2. The third kappa shape index (κ3) is 4.85. The van der Waals surface area contributed by atoms with E-state index in [1.807, 2.05) is 24.3 Å². The van der Waals surface area contributed by atoms with Gasteiger partial charge in [0.1, 0.15) is 5.75 Å². The van der Waals surface area contributed by atoms with Crippen molar-refractivity contribution >= 4 is 29.1 Å². The molecule has 7 heteroatoms. The number of hydrogen-bond donors (Lipinski definition) is 2. The van der Waals surface area contributed by atoms with Gasteiger partial charge < -0.3 is 15.2 Å².